The highest BCUT2D eigenvalue weighted by Gasteiger charge is 2.34. The van der Waals surface area contributed by atoms with E-state index in [9.17, 15) is 4.79 Å². The third-order valence-electron chi connectivity index (χ3n) is 8.85. The zero-order valence-electron chi connectivity index (χ0n) is 29.5. The molecule has 0 aliphatic carbocycles. The van der Waals surface area contributed by atoms with Crippen molar-refractivity contribution in [2.24, 2.45) is 10.6 Å². The van der Waals surface area contributed by atoms with Gasteiger partial charge in [-0.2, -0.15) is 0 Å². The summed E-state index contributed by atoms with van der Waals surface area (Å²) in [6, 6.07) is 6.42. The topological polar surface area (TPSA) is 51.1 Å². The van der Waals surface area contributed by atoms with Gasteiger partial charge in [0.1, 0.15) is 11.5 Å². The predicted molar refractivity (Wildman–Crippen MR) is 190 cm³/mol. The summed E-state index contributed by atoms with van der Waals surface area (Å²) in [5.41, 5.74) is 2.98. The Morgan fingerprint density at radius 3 is 1.61 bits per heavy atom. The molecule has 0 spiro atoms. The number of carbonyl (C=O) groups excluding carboxylic acids is 1. The number of methoxy groups -OCH3 is 1. The summed E-state index contributed by atoms with van der Waals surface area (Å²) in [5, 5.41) is 4.07. The van der Waals surface area contributed by atoms with E-state index in [1.807, 2.05) is 26.8 Å². The SMILES string of the molecule is CCCCCCCCCCCCN(CCCCCCCCCCCC)c1ccc(C=C2C(=O)ON=C2C(C)(C)C)c(OC)c1. The molecule has 0 atom stereocenters. The second-order valence-electron chi connectivity index (χ2n) is 13.9. The van der Waals surface area contributed by atoms with Crippen molar-refractivity contribution in [3.8, 4) is 5.75 Å². The fourth-order valence-corrected chi connectivity index (χ4v) is 6.07. The Bertz CT molecular complexity index is 968. The van der Waals surface area contributed by atoms with E-state index in [-0.39, 0.29) is 5.41 Å². The molecule has 0 fully saturated rings. The third-order valence-corrected chi connectivity index (χ3v) is 8.85. The van der Waals surface area contributed by atoms with E-state index < -0.39 is 5.97 Å². The molecule has 0 unspecified atom stereocenters. The summed E-state index contributed by atoms with van der Waals surface area (Å²) in [6.07, 6.45) is 28.9. The molecule has 1 aromatic rings. The summed E-state index contributed by atoms with van der Waals surface area (Å²) in [4.78, 5) is 20.1. The first-order valence-electron chi connectivity index (χ1n) is 18.3. The van der Waals surface area contributed by atoms with Crippen LogP contribution in [0.15, 0.2) is 28.9 Å². The minimum atomic E-state index is -0.399. The summed E-state index contributed by atoms with van der Waals surface area (Å²) in [7, 11) is 1.71. The van der Waals surface area contributed by atoms with Crippen LogP contribution in [-0.2, 0) is 9.63 Å². The molecule has 44 heavy (non-hydrogen) atoms. The van der Waals surface area contributed by atoms with Gasteiger partial charge in [0, 0.05) is 35.8 Å². The van der Waals surface area contributed by atoms with Crippen molar-refractivity contribution in [2.75, 3.05) is 25.1 Å². The average molecular weight is 611 g/mol. The van der Waals surface area contributed by atoms with E-state index in [0.717, 1.165) is 24.4 Å². The van der Waals surface area contributed by atoms with Crippen LogP contribution >= 0.6 is 0 Å². The van der Waals surface area contributed by atoms with Gasteiger partial charge in [0.15, 0.2) is 0 Å². The number of hydrogen-bond donors (Lipinski definition) is 0. The number of ether oxygens (including phenoxy) is 1. The molecule has 0 aromatic heterocycles. The summed E-state index contributed by atoms with van der Waals surface area (Å²) in [6.45, 7) is 12.8. The Hall–Kier alpha value is -2.30. The van der Waals surface area contributed by atoms with Crippen LogP contribution < -0.4 is 9.64 Å². The quantitative estimate of drug-likeness (QED) is 0.0628. The third kappa shape index (κ3) is 14.7. The lowest BCUT2D eigenvalue weighted by Crippen LogP contribution is -2.25. The van der Waals surface area contributed by atoms with Gasteiger partial charge >= 0.3 is 5.97 Å². The van der Waals surface area contributed by atoms with Gasteiger partial charge in [-0.1, -0.05) is 155 Å². The lowest BCUT2D eigenvalue weighted by molar-refractivity contribution is -0.136. The van der Waals surface area contributed by atoms with Crippen molar-refractivity contribution in [3.63, 3.8) is 0 Å². The summed E-state index contributed by atoms with van der Waals surface area (Å²) < 4.78 is 5.85. The Morgan fingerprint density at radius 1 is 0.727 bits per heavy atom. The molecule has 0 saturated carbocycles. The maximum absolute atomic E-state index is 12.5. The van der Waals surface area contributed by atoms with E-state index in [1.165, 1.54) is 134 Å². The largest absolute Gasteiger partial charge is 0.496 e. The van der Waals surface area contributed by atoms with Gasteiger partial charge in [-0.3, -0.25) is 0 Å². The molecule has 1 aromatic carbocycles. The molecule has 2 rings (SSSR count). The first-order valence-corrected chi connectivity index (χ1v) is 18.3. The van der Waals surface area contributed by atoms with Crippen LogP contribution in [0.5, 0.6) is 5.75 Å². The first-order chi connectivity index (χ1) is 21.3. The van der Waals surface area contributed by atoms with Gasteiger partial charge in [0.25, 0.3) is 0 Å². The number of carbonyl (C=O) groups is 1. The second-order valence-corrected chi connectivity index (χ2v) is 13.9. The number of hydrogen-bond acceptors (Lipinski definition) is 5. The van der Waals surface area contributed by atoms with Crippen LogP contribution in [0.3, 0.4) is 0 Å². The minimum absolute atomic E-state index is 0.286. The van der Waals surface area contributed by atoms with E-state index in [2.05, 4.69) is 42.1 Å². The highest BCUT2D eigenvalue weighted by atomic mass is 16.7. The number of rotatable bonds is 25. The molecule has 0 bridgehead atoms. The zero-order valence-corrected chi connectivity index (χ0v) is 29.5. The smallest absolute Gasteiger partial charge is 0.367 e. The monoisotopic (exact) mass is 611 g/mol. The van der Waals surface area contributed by atoms with Crippen LogP contribution in [0.1, 0.15) is 169 Å². The van der Waals surface area contributed by atoms with Crippen molar-refractivity contribution in [3.05, 3.63) is 29.3 Å². The Labute approximate surface area is 271 Å². The van der Waals surface area contributed by atoms with Crippen molar-refractivity contribution in [1.29, 1.82) is 0 Å². The van der Waals surface area contributed by atoms with Gasteiger partial charge in [-0.15, -0.1) is 0 Å². The van der Waals surface area contributed by atoms with E-state index >= 15 is 0 Å². The summed E-state index contributed by atoms with van der Waals surface area (Å²) in [5.74, 6) is 0.378. The normalized spacial score (nSPS) is 14.3. The zero-order chi connectivity index (χ0) is 32.0. The molecule has 5 heteroatoms. The Balaban J connectivity index is 1.98. The first kappa shape index (κ1) is 37.9. The highest BCUT2D eigenvalue weighted by molar-refractivity contribution is 6.26. The molecular weight excluding hydrogens is 544 g/mol. The van der Waals surface area contributed by atoms with Gasteiger partial charge in [-0.05, 0) is 31.1 Å². The van der Waals surface area contributed by atoms with Gasteiger partial charge in [0.2, 0.25) is 0 Å². The molecule has 1 aliphatic rings. The predicted octanol–water partition coefficient (Wildman–Crippen LogP) is 11.7. The van der Waals surface area contributed by atoms with E-state index in [4.69, 9.17) is 9.57 Å². The van der Waals surface area contributed by atoms with Crippen molar-refractivity contribution in [2.45, 2.75) is 163 Å². The molecule has 0 amide bonds. The average Bonchev–Trinajstić information content (AvgIpc) is 3.38. The maximum Gasteiger partial charge on any atom is 0.367 e. The number of benzene rings is 1. The molecule has 0 radical (unpaired) electrons. The highest BCUT2D eigenvalue weighted by Crippen LogP contribution is 2.32. The standard InChI is InChI=1S/C39H66N2O3/c1-7-9-11-13-15-17-19-21-23-25-29-41(30-26-24-22-20-18-16-14-12-10-8-2)34-28-27-33(36(32-34)43-6)31-35-37(39(3,4)5)40-44-38(35)42/h27-28,31-32H,7-26,29-30H2,1-6H3. The fraction of sp³-hybridized carbons (Fsp3) is 0.744. The van der Waals surface area contributed by atoms with Crippen molar-refractivity contribution < 1.29 is 14.4 Å². The molecule has 250 valence electrons. The fourth-order valence-electron chi connectivity index (χ4n) is 6.07. The molecule has 1 heterocycles. The minimum Gasteiger partial charge on any atom is -0.496 e. The molecular formula is C39H66N2O3. The number of anilines is 1. The van der Waals surface area contributed by atoms with Gasteiger partial charge in [0.05, 0.1) is 12.7 Å². The second kappa shape index (κ2) is 22.2. The van der Waals surface area contributed by atoms with Gasteiger partial charge < -0.3 is 14.5 Å². The van der Waals surface area contributed by atoms with Crippen molar-refractivity contribution in [1.82, 2.24) is 0 Å². The Morgan fingerprint density at radius 2 is 1.18 bits per heavy atom. The van der Waals surface area contributed by atoms with Crippen molar-refractivity contribution >= 4 is 23.4 Å². The van der Waals surface area contributed by atoms with E-state index in [1.54, 1.807) is 7.11 Å². The number of oxime groups is 1. The number of unbranched alkanes of at least 4 members (excludes halogenated alkanes) is 18. The van der Waals surface area contributed by atoms with Crippen LogP contribution in [0.25, 0.3) is 6.08 Å². The molecule has 0 saturated heterocycles. The molecule has 0 N–H and O–H groups in total. The molecule has 5 nitrogen and oxygen atoms in total. The summed E-state index contributed by atoms with van der Waals surface area (Å²) >= 11 is 0. The molecule has 1 aliphatic heterocycles. The number of nitrogens with zero attached hydrogens (tertiary/aromatic N) is 2. The van der Waals surface area contributed by atoms with Gasteiger partial charge in [-0.25, -0.2) is 4.79 Å². The Kier molecular flexibility index (Phi) is 19.2. The van der Waals surface area contributed by atoms with Crippen LogP contribution in [0.2, 0.25) is 0 Å². The van der Waals surface area contributed by atoms with E-state index in [0.29, 0.717) is 11.3 Å². The maximum atomic E-state index is 12.5. The van der Waals surface area contributed by atoms with Crippen LogP contribution in [-0.4, -0.2) is 31.9 Å². The lowest BCUT2D eigenvalue weighted by Gasteiger charge is -2.26. The van der Waals surface area contributed by atoms with Crippen LogP contribution in [0.4, 0.5) is 5.69 Å². The lowest BCUT2D eigenvalue weighted by atomic mass is 9.85. The van der Waals surface area contributed by atoms with Crippen LogP contribution in [0, 0.1) is 5.41 Å².